The Hall–Kier alpha value is -5.93. The number of anilines is 4. The molecule has 0 fully saturated rings. The number of fused-ring (bicyclic) bond motifs is 2. The van der Waals surface area contributed by atoms with Gasteiger partial charge in [-0.1, -0.05) is 66.7 Å². The largest absolute Gasteiger partial charge is 0.459 e. The quantitative estimate of drug-likeness (QED) is 0.170. The van der Waals surface area contributed by atoms with E-state index in [0.717, 1.165) is 89.8 Å². The standard InChI is InChI=1S/C43H37N5O/c1-29-22-42(45-27-37(29)31-12-6-4-7-13-31)47-20-10-16-33-18-19-34(25-40(33)47)49-35-24-39(44-3)36-17-11-21-48(41(36)26-35)43-23-30(2)38(28-46-43)32-14-8-5-9-15-32/h4-9,12-15,18-19,22-28H,10-11,16-17,20-21H2,1-2H3. The van der Waals surface area contributed by atoms with Crippen LogP contribution in [0.3, 0.4) is 0 Å². The highest BCUT2D eigenvalue weighted by Crippen LogP contribution is 2.44. The summed E-state index contributed by atoms with van der Waals surface area (Å²) in [6, 6.07) is 35.4. The molecule has 2 aliphatic heterocycles. The molecule has 4 aromatic carbocycles. The number of aromatic nitrogens is 2. The second-order valence-corrected chi connectivity index (χ2v) is 12.9. The van der Waals surface area contributed by atoms with Crippen LogP contribution in [0.5, 0.6) is 11.5 Å². The summed E-state index contributed by atoms with van der Waals surface area (Å²) < 4.78 is 6.59. The molecule has 0 bridgehead atoms. The summed E-state index contributed by atoms with van der Waals surface area (Å²) in [5.74, 6) is 3.22. The predicted octanol–water partition coefficient (Wildman–Crippen LogP) is 10.9. The van der Waals surface area contributed by atoms with Crippen LogP contribution in [0.15, 0.2) is 116 Å². The van der Waals surface area contributed by atoms with Gasteiger partial charge in [-0.15, -0.1) is 0 Å². The van der Waals surface area contributed by atoms with Crippen molar-refractivity contribution in [3.63, 3.8) is 0 Å². The third-order valence-corrected chi connectivity index (χ3v) is 9.72. The van der Waals surface area contributed by atoms with E-state index in [-0.39, 0.29) is 0 Å². The fourth-order valence-corrected chi connectivity index (χ4v) is 7.25. The van der Waals surface area contributed by atoms with Gasteiger partial charge >= 0.3 is 0 Å². The Morgan fingerprint density at radius 1 is 0.633 bits per heavy atom. The van der Waals surface area contributed by atoms with E-state index in [1.54, 1.807) is 0 Å². The average molecular weight is 640 g/mol. The van der Waals surface area contributed by atoms with Gasteiger partial charge in [0.1, 0.15) is 23.1 Å². The summed E-state index contributed by atoms with van der Waals surface area (Å²) >= 11 is 0. The molecule has 0 saturated heterocycles. The molecule has 6 aromatic rings. The maximum Gasteiger partial charge on any atom is 0.196 e. The van der Waals surface area contributed by atoms with E-state index in [9.17, 15) is 0 Å². The molecule has 0 amide bonds. The van der Waals surface area contributed by atoms with Crippen molar-refractivity contribution in [2.75, 3.05) is 22.9 Å². The maximum absolute atomic E-state index is 8.04. The van der Waals surface area contributed by atoms with Gasteiger partial charge in [-0.3, -0.25) is 0 Å². The second kappa shape index (κ2) is 12.9. The molecule has 6 heteroatoms. The van der Waals surface area contributed by atoms with E-state index in [2.05, 4.69) is 107 Å². The fraction of sp³-hybridized carbons (Fsp3) is 0.186. The van der Waals surface area contributed by atoms with E-state index in [1.807, 2.05) is 36.7 Å². The molecule has 0 aliphatic carbocycles. The van der Waals surface area contributed by atoms with Crippen LogP contribution in [-0.4, -0.2) is 23.1 Å². The first-order valence-corrected chi connectivity index (χ1v) is 17.0. The number of hydrogen-bond acceptors (Lipinski definition) is 5. The van der Waals surface area contributed by atoms with E-state index < -0.39 is 0 Å². The molecule has 8 rings (SSSR count). The average Bonchev–Trinajstić information content (AvgIpc) is 3.14. The number of pyridine rings is 2. The maximum atomic E-state index is 8.04. The number of benzene rings is 4. The Morgan fingerprint density at radius 2 is 1.20 bits per heavy atom. The number of nitrogens with zero attached hydrogens (tertiary/aromatic N) is 5. The number of hydrogen-bond donors (Lipinski definition) is 0. The minimum Gasteiger partial charge on any atom is -0.459 e. The summed E-state index contributed by atoms with van der Waals surface area (Å²) in [5, 5.41) is 0. The van der Waals surface area contributed by atoms with E-state index in [4.69, 9.17) is 21.3 Å². The summed E-state index contributed by atoms with van der Waals surface area (Å²) in [7, 11) is 0. The normalized spacial score (nSPS) is 13.7. The van der Waals surface area contributed by atoms with Crippen LogP contribution in [0.25, 0.3) is 27.1 Å². The highest BCUT2D eigenvalue weighted by Gasteiger charge is 2.25. The lowest BCUT2D eigenvalue weighted by molar-refractivity contribution is 0.482. The third-order valence-electron chi connectivity index (χ3n) is 9.72. The monoisotopic (exact) mass is 639 g/mol. The molecule has 0 radical (unpaired) electrons. The fourth-order valence-electron chi connectivity index (χ4n) is 7.25. The van der Waals surface area contributed by atoms with Crippen LogP contribution in [0.4, 0.5) is 28.7 Å². The van der Waals surface area contributed by atoms with Crippen molar-refractivity contribution in [2.45, 2.75) is 39.5 Å². The first kappa shape index (κ1) is 30.4. The van der Waals surface area contributed by atoms with Crippen molar-refractivity contribution >= 4 is 28.7 Å². The topological polar surface area (TPSA) is 45.9 Å². The molecule has 0 saturated carbocycles. The Bertz CT molecular complexity index is 2210. The van der Waals surface area contributed by atoms with Crippen LogP contribution in [-0.2, 0) is 12.8 Å². The highest BCUT2D eigenvalue weighted by molar-refractivity contribution is 5.78. The van der Waals surface area contributed by atoms with Gasteiger partial charge in [-0.25, -0.2) is 14.8 Å². The number of rotatable bonds is 6. The lowest BCUT2D eigenvalue weighted by atomic mass is 9.98. The zero-order valence-corrected chi connectivity index (χ0v) is 27.9. The van der Waals surface area contributed by atoms with Crippen molar-refractivity contribution < 1.29 is 4.74 Å². The Labute approximate surface area is 288 Å². The molecule has 0 atom stereocenters. The van der Waals surface area contributed by atoms with Crippen LogP contribution in [0.1, 0.15) is 35.1 Å². The molecule has 0 N–H and O–H groups in total. The summed E-state index contributed by atoms with van der Waals surface area (Å²) in [6.07, 6.45) is 7.84. The summed E-state index contributed by atoms with van der Waals surface area (Å²) in [5.41, 5.74) is 12.0. The first-order valence-electron chi connectivity index (χ1n) is 17.0. The lowest BCUT2D eigenvalue weighted by Gasteiger charge is -2.32. The molecule has 6 nitrogen and oxygen atoms in total. The molecule has 49 heavy (non-hydrogen) atoms. The molecule has 2 aromatic heterocycles. The van der Waals surface area contributed by atoms with Crippen molar-refractivity contribution in [1.82, 2.24) is 9.97 Å². The van der Waals surface area contributed by atoms with Crippen molar-refractivity contribution in [2.24, 2.45) is 0 Å². The molecule has 240 valence electrons. The Morgan fingerprint density at radius 3 is 1.80 bits per heavy atom. The van der Waals surface area contributed by atoms with Gasteiger partial charge in [-0.2, -0.15) is 0 Å². The SMILES string of the molecule is [C-]#[N+]c1cc(Oc2ccc3c(c2)N(c2cc(C)c(-c4ccccc4)cn2)CCC3)cc2c1CCCN2c1cc(C)c(-c2ccccc2)cn1. The van der Waals surface area contributed by atoms with Gasteiger partial charge in [-0.05, 0) is 97.2 Å². The smallest absolute Gasteiger partial charge is 0.196 e. The lowest BCUT2D eigenvalue weighted by Crippen LogP contribution is -2.25. The van der Waals surface area contributed by atoms with Gasteiger partial charge in [0.15, 0.2) is 5.69 Å². The van der Waals surface area contributed by atoms with E-state index in [0.29, 0.717) is 11.4 Å². The molecule has 0 spiro atoms. The number of ether oxygens (including phenoxy) is 1. The molecular formula is C43H37N5O. The van der Waals surface area contributed by atoms with Crippen LogP contribution < -0.4 is 14.5 Å². The molecular weight excluding hydrogens is 603 g/mol. The zero-order valence-electron chi connectivity index (χ0n) is 27.9. The van der Waals surface area contributed by atoms with Crippen molar-refractivity contribution in [3.05, 3.63) is 149 Å². The minimum absolute atomic E-state index is 0.632. The molecule has 0 unspecified atom stereocenters. The van der Waals surface area contributed by atoms with Crippen LogP contribution >= 0.6 is 0 Å². The minimum atomic E-state index is 0.632. The van der Waals surface area contributed by atoms with Gasteiger partial charge < -0.3 is 14.5 Å². The molecule has 2 aliphatic rings. The predicted molar refractivity (Wildman–Crippen MR) is 199 cm³/mol. The Balaban J connectivity index is 1.10. The van der Waals surface area contributed by atoms with Crippen molar-refractivity contribution in [3.8, 4) is 33.8 Å². The highest BCUT2D eigenvalue weighted by atomic mass is 16.5. The second-order valence-electron chi connectivity index (χ2n) is 12.9. The van der Waals surface area contributed by atoms with Crippen LogP contribution in [0, 0.1) is 20.4 Å². The van der Waals surface area contributed by atoms with E-state index in [1.165, 1.54) is 22.3 Å². The first-order chi connectivity index (χ1) is 24.1. The third kappa shape index (κ3) is 5.89. The Kier molecular flexibility index (Phi) is 8.03. The summed E-state index contributed by atoms with van der Waals surface area (Å²) in [4.78, 5) is 18.3. The van der Waals surface area contributed by atoms with Crippen molar-refractivity contribution in [1.29, 1.82) is 0 Å². The van der Waals surface area contributed by atoms with E-state index >= 15 is 0 Å². The van der Waals surface area contributed by atoms with Crippen LogP contribution in [0.2, 0.25) is 0 Å². The van der Waals surface area contributed by atoms with Gasteiger partial charge in [0.2, 0.25) is 0 Å². The summed E-state index contributed by atoms with van der Waals surface area (Å²) in [6.45, 7) is 14.0. The molecule has 4 heterocycles. The van der Waals surface area contributed by atoms with Gasteiger partial charge in [0.05, 0.1) is 6.57 Å². The van der Waals surface area contributed by atoms with Gasteiger partial charge in [0, 0.05) is 60.1 Å². The van der Waals surface area contributed by atoms with Gasteiger partial charge in [0.25, 0.3) is 0 Å². The zero-order chi connectivity index (χ0) is 33.3. The number of aryl methyl sites for hydroxylation is 3.